The van der Waals surface area contributed by atoms with Gasteiger partial charge >= 0.3 is 5.97 Å². The molecule has 0 bridgehead atoms. The number of carbonyl (C=O) groups is 2. The number of allylic oxidation sites excluding steroid dienone is 2. The first-order valence-corrected chi connectivity index (χ1v) is 9.67. The lowest BCUT2D eigenvalue weighted by Gasteiger charge is -2.19. The molecule has 6 nitrogen and oxygen atoms in total. The number of aromatic hydroxyl groups is 2. The predicted octanol–water partition coefficient (Wildman–Crippen LogP) is 3.62. The van der Waals surface area contributed by atoms with Gasteiger partial charge in [-0.2, -0.15) is 0 Å². The van der Waals surface area contributed by atoms with Crippen LogP contribution in [0.3, 0.4) is 0 Å². The molecule has 29 heavy (non-hydrogen) atoms. The Morgan fingerprint density at radius 2 is 1.79 bits per heavy atom. The summed E-state index contributed by atoms with van der Waals surface area (Å²) in [4.78, 5) is 25.3. The van der Waals surface area contributed by atoms with Crippen molar-refractivity contribution in [2.75, 3.05) is 0 Å². The summed E-state index contributed by atoms with van der Waals surface area (Å²) in [6, 6.07) is 11.8. The van der Waals surface area contributed by atoms with Crippen molar-refractivity contribution in [1.29, 1.82) is 0 Å². The van der Waals surface area contributed by atoms with Crippen LogP contribution in [0, 0.1) is 0 Å². The summed E-state index contributed by atoms with van der Waals surface area (Å²) in [5.74, 6) is -1.60. The second-order valence-corrected chi connectivity index (χ2v) is 7.38. The number of cyclic esters (lactones) is 1. The van der Waals surface area contributed by atoms with Crippen LogP contribution in [0.15, 0.2) is 54.6 Å². The van der Waals surface area contributed by atoms with E-state index in [4.69, 9.17) is 9.47 Å². The van der Waals surface area contributed by atoms with Crippen LogP contribution >= 0.6 is 0 Å². The van der Waals surface area contributed by atoms with Gasteiger partial charge in [0, 0.05) is 18.9 Å². The molecule has 0 saturated carbocycles. The van der Waals surface area contributed by atoms with Crippen molar-refractivity contribution in [2.24, 2.45) is 0 Å². The molecule has 2 aliphatic rings. The molecule has 0 aromatic heterocycles. The van der Waals surface area contributed by atoms with E-state index in [9.17, 15) is 19.8 Å². The van der Waals surface area contributed by atoms with Crippen LogP contribution in [0.1, 0.15) is 46.9 Å². The van der Waals surface area contributed by atoms with Gasteiger partial charge in [-0.05, 0) is 36.1 Å². The van der Waals surface area contributed by atoms with E-state index in [-0.39, 0.29) is 41.3 Å². The fourth-order valence-electron chi connectivity index (χ4n) is 3.73. The van der Waals surface area contributed by atoms with E-state index in [0.29, 0.717) is 12.8 Å². The van der Waals surface area contributed by atoms with Crippen molar-refractivity contribution in [3.05, 3.63) is 71.3 Å². The fraction of sp³-hybridized carbons (Fsp3) is 0.304. The minimum absolute atomic E-state index is 0.0204. The molecule has 0 amide bonds. The highest BCUT2D eigenvalue weighted by Crippen LogP contribution is 2.38. The van der Waals surface area contributed by atoms with Crippen molar-refractivity contribution in [2.45, 2.75) is 44.0 Å². The number of carbonyl (C=O) groups excluding carboxylic acids is 2. The molecule has 2 aromatic rings. The highest BCUT2D eigenvalue weighted by molar-refractivity contribution is 5.98. The second-order valence-electron chi connectivity index (χ2n) is 7.38. The van der Waals surface area contributed by atoms with Crippen LogP contribution in [0.25, 0.3) is 0 Å². The number of ether oxygens (including phenoxy) is 2. The number of ketones is 1. The van der Waals surface area contributed by atoms with Gasteiger partial charge in [0.25, 0.3) is 0 Å². The number of esters is 1. The van der Waals surface area contributed by atoms with Gasteiger partial charge in [0.15, 0.2) is 5.78 Å². The topological polar surface area (TPSA) is 96.4 Å². The van der Waals surface area contributed by atoms with Crippen molar-refractivity contribution < 1.29 is 29.3 Å². The van der Waals surface area contributed by atoms with Gasteiger partial charge < -0.3 is 19.7 Å². The Labute approximate surface area is 168 Å². The smallest absolute Gasteiger partial charge is 0.342 e. The quantitative estimate of drug-likeness (QED) is 0.567. The number of rotatable bonds is 1. The van der Waals surface area contributed by atoms with Crippen molar-refractivity contribution in [3.8, 4) is 11.5 Å². The molecule has 4 rings (SSSR count). The fourth-order valence-corrected chi connectivity index (χ4v) is 3.73. The van der Waals surface area contributed by atoms with Gasteiger partial charge in [0.2, 0.25) is 0 Å². The van der Waals surface area contributed by atoms with Crippen LogP contribution in [-0.4, -0.2) is 34.2 Å². The SMILES string of the molecule is O=C1/C=C/CCC2OC2C[C@H](c2ccccc2)OC(=O)c2c(O)cc(O)cc2C1. The largest absolute Gasteiger partial charge is 0.508 e. The Bertz CT molecular complexity index is 949. The minimum atomic E-state index is -0.739. The summed E-state index contributed by atoms with van der Waals surface area (Å²) in [6.07, 6.45) is 4.66. The molecule has 1 saturated heterocycles. The third-order valence-electron chi connectivity index (χ3n) is 5.23. The Kier molecular flexibility index (Phi) is 5.36. The van der Waals surface area contributed by atoms with Gasteiger partial charge in [-0.15, -0.1) is 0 Å². The molecule has 2 aliphatic heterocycles. The zero-order valence-corrected chi connectivity index (χ0v) is 15.8. The zero-order valence-electron chi connectivity index (χ0n) is 15.8. The monoisotopic (exact) mass is 394 g/mol. The van der Waals surface area contributed by atoms with Crippen molar-refractivity contribution in [1.82, 2.24) is 0 Å². The number of hydrogen-bond donors (Lipinski definition) is 2. The third kappa shape index (κ3) is 4.49. The van der Waals surface area contributed by atoms with Crippen molar-refractivity contribution in [3.63, 3.8) is 0 Å². The van der Waals surface area contributed by atoms with Gasteiger partial charge in [-0.3, -0.25) is 4.79 Å². The first-order valence-electron chi connectivity index (χ1n) is 9.67. The molecule has 2 unspecified atom stereocenters. The Morgan fingerprint density at radius 3 is 2.59 bits per heavy atom. The lowest BCUT2D eigenvalue weighted by Crippen LogP contribution is -2.17. The van der Waals surface area contributed by atoms with Gasteiger partial charge in [0.1, 0.15) is 23.2 Å². The molecule has 2 N–H and O–H groups in total. The lowest BCUT2D eigenvalue weighted by molar-refractivity contribution is -0.114. The maximum atomic E-state index is 13.0. The average Bonchev–Trinajstić information content (AvgIpc) is 3.42. The number of phenolic OH excluding ortho intramolecular Hbond substituents is 2. The van der Waals surface area contributed by atoms with Gasteiger partial charge in [-0.25, -0.2) is 4.79 Å². The van der Waals surface area contributed by atoms with E-state index in [1.165, 1.54) is 12.1 Å². The molecule has 2 aromatic carbocycles. The van der Waals surface area contributed by atoms with E-state index in [2.05, 4.69) is 0 Å². The van der Waals surface area contributed by atoms with Crippen molar-refractivity contribution >= 4 is 11.8 Å². The number of hydrogen-bond acceptors (Lipinski definition) is 6. The normalized spacial score (nSPS) is 25.9. The minimum Gasteiger partial charge on any atom is -0.508 e. The Morgan fingerprint density at radius 1 is 1.00 bits per heavy atom. The standard InChI is InChI=1S/C23H22O6/c24-16-8-4-5-9-19-21(28-19)13-20(14-6-2-1-3-7-14)29-23(27)22-15(10-16)11-17(25)12-18(22)26/h1-4,6-8,11-12,19-21,25-26H,5,9-10,13H2/b8-4+/t19?,20-,21?/m1/s1. The number of epoxide rings is 1. The summed E-state index contributed by atoms with van der Waals surface area (Å²) in [5, 5.41) is 20.1. The van der Waals surface area contributed by atoms with Crippen LogP contribution < -0.4 is 0 Å². The zero-order chi connectivity index (χ0) is 20.4. The van der Waals surface area contributed by atoms with Crippen LogP contribution in [0.2, 0.25) is 0 Å². The molecule has 3 atom stereocenters. The van der Waals surface area contributed by atoms with E-state index >= 15 is 0 Å². The second kappa shape index (κ2) is 8.09. The highest BCUT2D eigenvalue weighted by atomic mass is 16.6. The summed E-state index contributed by atoms with van der Waals surface area (Å²) in [5.41, 5.74) is 0.959. The molecule has 2 heterocycles. The van der Waals surface area contributed by atoms with E-state index in [0.717, 1.165) is 18.1 Å². The van der Waals surface area contributed by atoms with E-state index in [1.807, 2.05) is 30.3 Å². The summed E-state index contributed by atoms with van der Waals surface area (Å²) >= 11 is 0. The first-order chi connectivity index (χ1) is 14.0. The van der Waals surface area contributed by atoms with E-state index in [1.54, 1.807) is 6.08 Å². The average molecular weight is 394 g/mol. The maximum absolute atomic E-state index is 13.0. The third-order valence-corrected chi connectivity index (χ3v) is 5.23. The predicted molar refractivity (Wildman–Crippen MR) is 105 cm³/mol. The molecule has 0 radical (unpaired) electrons. The molecule has 0 aliphatic carbocycles. The molecule has 6 heteroatoms. The summed E-state index contributed by atoms with van der Waals surface area (Å²) in [6.45, 7) is 0. The Balaban J connectivity index is 1.71. The molecular formula is C23H22O6. The number of phenols is 2. The Hall–Kier alpha value is -3.12. The van der Waals surface area contributed by atoms with E-state index < -0.39 is 17.8 Å². The van der Waals surface area contributed by atoms with Crippen LogP contribution in [0.4, 0.5) is 0 Å². The van der Waals surface area contributed by atoms with Gasteiger partial charge in [-0.1, -0.05) is 36.4 Å². The molecular weight excluding hydrogens is 372 g/mol. The van der Waals surface area contributed by atoms with Crippen LogP contribution in [-0.2, 0) is 20.7 Å². The maximum Gasteiger partial charge on any atom is 0.342 e. The molecule has 1 fully saturated rings. The summed E-state index contributed by atoms with van der Waals surface area (Å²) < 4.78 is 11.5. The van der Waals surface area contributed by atoms with Gasteiger partial charge in [0.05, 0.1) is 12.2 Å². The summed E-state index contributed by atoms with van der Waals surface area (Å²) in [7, 11) is 0. The lowest BCUT2D eigenvalue weighted by atomic mass is 9.98. The highest BCUT2D eigenvalue weighted by Gasteiger charge is 2.41. The molecule has 150 valence electrons. The molecule has 0 spiro atoms. The first kappa shape index (κ1) is 19.2. The number of benzene rings is 2. The number of fused-ring (bicyclic) bond motifs is 2. The van der Waals surface area contributed by atoms with Crippen LogP contribution in [0.5, 0.6) is 11.5 Å².